The first-order valence-electron chi connectivity index (χ1n) is 9.62. The van der Waals surface area contributed by atoms with Crippen LogP contribution in [0.25, 0.3) is 5.69 Å². The Bertz CT molecular complexity index is 1090. The Morgan fingerprint density at radius 3 is 2.33 bits per heavy atom. The summed E-state index contributed by atoms with van der Waals surface area (Å²) in [5.74, 6) is 1.52. The van der Waals surface area contributed by atoms with Crippen molar-refractivity contribution in [1.82, 2.24) is 24.5 Å². The van der Waals surface area contributed by atoms with E-state index in [1.54, 1.807) is 25.3 Å². The molecule has 3 aromatic rings. The summed E-state index contributed by atoms with van der Waals surface area (Å²) in [5.41, 5.74) is 1.52. The van der Waals surface area contributed by atoms with Crippen LogP contribution in [0.1, 0.15) is 18.4 Å². The molecule has 1 aliphatic heterocycles. The first-order valence-corrected chi connectivity index (χ1v) is 11.1. The molecule has 0 N–H and O–H groups in total. The molecule has 9 nitrogen and oxygen atoms in total. The molecule has 1 aliphatic rings. The molecule has 0 saturated carbocycles. The lowest BCUT2D eigenvalue weighted by atomic mass is 10.1. The predicted molar refractivity (Wildman–Crippen MR) is 109 cm³/mol. The van der Waals surface area contributed by atoms with Crippen LogP contribution < -0.4 is 9.47 Å². The zero-order valence-corrected chi connectivity index (χ0v) is 17.6. The molecule has 1 aromatic heterocycles. The maximum Gasteiger partial charge on any atom is 0.243 e. The predicted octanol–water partition coefficient (Wildman–Crippen LogP) is 2.21. The number of nitrogens with zero attached hydrogens (tertiary/aromatic N) is 5. The summed E-state index contributed by atoms with van der Waals surface area (Å²) < 4.78 is 40.4. The van der Waals surface area contributed by atoms with Crippen molar-refractivity contribution >= 4 is 10.0 Å². The monoisotopic (exact) mass is 429 g/mol. The van der Waals surface area contributed by atoms with Crippen LogP contribution in [0.3, 0.4) is 0 Å². The number of aryl methyl sites for hydroxylation is 1. The number of benzene rings is 2. The Morgan fingerprint density at radius 2 is 1.73 bits per heavy atom. The van der Waals surface area contributed by atoms with Gasteiger partial charge in [0.15, 0.2) is 0 Å². The van der Waals surface area contributed by atoms with Crippen molar-refractivity contribution in [3.63, 3.8) is 0 Å². The highest BCUT2D eigenvalue weighted by Crippen LogP contribution is 2.26. The molecule has 10 heteroatoms. The second-order valence-corrected chi connectivity index (χ2v) is 9.04. The molecule has 4 rings (SSSR count). The highest BCUT2D eigenvalue weighted by molar-refractivity contribution is 7.89. The number of hydrogen-bond donors (Lipinski definition) is 0. The third kappa shape index (κ3) is 4.14. The normalized spacial score (nSPS) is 15.8. The van der Waals surface area contributed by atoms with E-state index < -0.39 is 10.0 Å². The van der Waals surface area contributed by atoms with E-state index in [-0.39, 0.29) is 11.0 Å². The Labute approximate surface area is 175 Å². The first kappa shape index (κ1) is 20.3. The molecule has 1 saturated heterocycles. The van der Waals surface area contributed by atoms with Gasteiger partial charge in [-0.05, 0) is 78.2 Å². The van der Waals surface area contributed by atoms with Gasteiger partial charge < -0.3 is 9.47 Å². The molecule has 158 valence electrons. The molecular weight excluding hydrogens is 406 g/mol. The van der Waals surface area contributed by atoms with E-state index >= 15 is 0 Å². The van der Waals surface area contributed by atoms with E-state index in [2.05, 4.69) is 15.5 Å². The second-order valence-electron chi connectivity index (χ2n) is 7.10. The number of rotatable bonds is 6. The Kier molecular flexibility index (Phi) is 5.69. The van der Waals surface area contributed by atoms with Crippen LogP contribution in [-0.2, 0) is 10.0 Å². The van der Waals surface area contributed by atoms with Crippen molar-refractivity contribution in [3.05, 3.63) is 54.4 Å². The third-order valence-corrected chi connectivity index (χ3v) is 7.06. The minimum atomic E-state index is -3.58. The molecule has 0 spiro atoms. The SMILES string of the molecule is COc1ccc(OC2CCN(S(=O)(=O)c3ccc(-n4cnnn4)c(C)c3)CC2)cc1. The van der Waals surface area contributed by atoms with Crippen LogP contribution in [0.2, 0.25) is 0 Å². The zero-order valence-electron chi connectivity index (χ0n) is 16.8. The molecule has 0 amide bonds. The summed E-state index contributed by atoms with van der Waals surface area (Å²) in [4.78, 5) is 0.270. The van der Waals surface area contributed by atoms with Gasteiger partial charge in [-0.25, -0.2) is 13.1 Å². The van der Waals surface area contributed by atoms with Crippen molar-refractivity contribution in [3.8, 4) is 17.2 Å². The quantitative estimate of drug-likeness (QED) is 0.592. The van der Waals surface area contributed by atoms with Crippen molar-refractivity contribution in [2.45, 2.75) is 30.8 Å². The smallest absolute Gasteiger partial charge is 0.243 e. The van der Waals surface area contributed by atoms with Crippen LogP contribution in [0.5, 0.6) is 11.5 Å². The molecule has 2 heterocycles. The molecule has 2 aromatic carbocycles. The van der Waals surface area contributed by atoms with Gasteiger partial charge in [0.25, 0.3) is 0 Å². The summed E-state index contributed by atoms with van der Waals surface area (Å²) in [7, 11) is -1.96. The van der Waals surface area contributed by atoms with Gasteiger partial charge in [-0.15, -0.1) is 5.10 Å². The Hall–Kier alpha value is -2.98. The molecule has 0 radical (unpaired) electrons. The summed E-state index contributed by atoms with van der Waals surface area (Å²) in [6.45, 7) is 2.67. The zero-order chi connectivity index (χ0) is 21.1. The minimum Gasteiger partial charge on any atom is -0.497 e. The molecule has 0 atom stereocenters. The van der Waals surface area contributed by atoms with E-state index in [1.165, 1.54) is 15.3 Å². The molecular formula is C20H23N5O4S. The largest absolute Gasteiger partial charge is 0.497 e. The van der Waals surface area contributed by atoms with Crippen LogP contribution >= 0.6 is 0 Å². The summed E-state index contributed by atoms with van der Waals surface area (Å²) in [5, 5.41) is 11.1. The standard InChI is InChI=1S/C20H23N5O4S/c1-15-13-19(7-8-20(15)25-14-21-22-23-25)30(26,27)24-11-9-18(10-12-24)29-17-5-3-16(28-2)4-6-17/h3-8,13-14,18H,9-12H2,1-2H3. The minimum absolute atomic E-state index is 0.0197. The van der Waals surface area contributed by atoms with E-state index in [0.717, 1.165) is 22.7 Å². The van der Waals surface area contributed by atoms with Gasteiger partial charge in [-0.2, -0.15) is 4.31 Å². The lowest BCUT2D eigenvalue weighted by Gasteiger charge is -2.31. The number of tetrazole rings is 1. The molecule has 30 heavy (non-hydrogen) atoms. The maximum absolute atomic E-state index is 13.1. The highest BCUT2D eigenvalue weighted by atomic mass is 32.2. The first-order chi connectivity index (χ1) is 14.5. The molecule has 0 aliphatic carbocycles. The van der Waals surface area contributed by atoms with E-state index in [0.29, 0.717) is 25.9 Å². The average molecular weight is 430 g/mol. The van der Waals surface area contributed by atoms with Crippen LogP contribution in [0.4, 0.5) is 0 Å². The van der Waals surface area contributed by atoms with Crippen molar-refractivity contribution < 1.29 is 17.9 Å². The van der Waals surface area contributed by atoms with Gasteiger partial charge >= 0.3 is 0 Å². The van der Waals surface area contributed by atoms with Gasteiger partial charge in [-0.1, -0.05) is 0 Å². The Morgan fingerprint density at radius 1 is 1.03 bits per heavy atom. The number of methoxy groups -OCH3 is 1. The number of aromatic nitrogens is 4. The maximum atomic E-state index is 13.1. The fraction of sp³-hybridized carbons (Fsp3) is 0.350. The summed E-state index contributed by atoms with van der Waals surface area (Å²) in [6.07, 6.45) is 2.72. The van der Waals surface area contributed by atoms with Gasteiger partial charge in [0.05, 0.1) is 17.7 Å². The average Bonchev–Trinajstić information content (AvgIpc) is 3.29. The van der Waals surface area contributed by atoms with Crippen LogP contribution in [0.15, 0.2) is 53.7 Å². The van der Waals surface area contributed by atoms with Gasteiger partial charge in [0.2, 0.25) is 10.0 Å². The van der Waals surface area contributed by atoms with E-state index in [9.17, 15) is 8.42 Å². The Balaban J connectivity index is 1.41. The van der Waals surface area contributed by atoms with E-state index in [1.807, 2.05) is 31.2 Å². The molecule has 0 unspecified atom stereocenters. The fourth-order valence-electron chi connectivity index (χ4n) is 3.50. The molecule has 0 bridgehead atoms. The van der Waals surface area contributed by atoms with Crippen LogP contribution in [0, 0.1) is 6.92 Å². The second kappa shape index (κ2) is 8.41. The van der Waals surface area contributed by atoms with Crippen molar-refractivity contribution in [2.75, 3.05) is 20.2 Å². The summed E-state index contributed by atoms with van der Waals surface area (Å²) >= 11 is 0. The number of sulfonamides is 1. The topological polar surface area (TPSA) is 99.4 Å². The van der Waals surface area contributed by atoms with Crippen molar-refractivity contribution in [1.29, 1.82) is 0 Å². The van der Waals surface area contributed by atoms with Crippen LogP contribution in [-0.4, -0.2) is 59.2 Å². The van der Waals surface area contributed by atoms with Crippen molar-refractivity contribution in [2.24, 2.45) is 0 Å². The highest BCUT2D eigenvalue weighted by Gasteiger charge is 2.30. The number of piperidine rings is 1. The number of ether oxygens (including phenoxy) is 2. The third-order valence-electron chi connectivity index (χ3n) is 5.17. The van der Waals surface area contributed by atoms with Gasteiger partial charge in [-0.3, -0.25) is 0 Å². The molecule has 1 fully saturated rings. The lowest BCUT2D eigenvalue weighted by molar-refractivity contribution is 0.135. The lowest BCUT2D eigenvalue weighted by Crippen LogP contribution is -2.41. The van der Waals surface area contributed by atoms with Gasteiger partial charge in [0, 0.05) is 13.1 Å². The number of hydrogen-bond acceptors (Lipinski definition) is 7. The van der Waals surface area contributed by atoms with Gasteiger partial charge in [0.1, 0.15) is 23.9 Å². The van der Waals surface area contributed by atoms with E-state index in [4.69, 9.17) is 9.47 Å². The fourth-order valence-corrected chi connectivity index (χ4v) is 5.06. The summed E-state index contributed by atoms with van der Waals surface area (Å²) in [6, 6.07) is 12.4.